The number of morpholine rings is 1. The molecule has 8 heteroatoms. The van der Waals surface area contributed by atoms with Crippen molar-refractivity contribution in [3.8, 4) is 10.8 Å². The van der Waals surface area contributed by atoms with Crippen LogP contribution < -0.4 is 5.32 Å². The van der Waals surface area contributed by atoms with E-state index in [0.717, 1.165) is 37.7 Å². The summed E-state index contributed by atoms with van der Waals surface area (Å²) in [5, 5.41) is 12.9. The van der Waals surface area contributed by atoms with E-state index >= 15 is 0 Å². The second-order valence-corrected chi connectivity index (χ2v) is 6.23. The lowest BCUT2D eigenvalue weighted by Gasteiger charge is -2.26. The minimum atomic E-state index is 0.00846. The standard InChI is InChI=1S/C15H20N4O3S/c20-13(16-5-6-19-7-9-21-10-8-19)3-4-14-17-18-15(22-14)12-2-1-11-23-12/h1-2,11H,3-10H2,(H,16,20). The molecule has 1 saturated heterocycles. The van der Waals surface area contributed by atoms with Gasteiger partial charge in [0.1, 0.15) is 0 Å². The Labute approximate surface area is 138 Å². The van der Waals surface area contributed by atoms with Crippen LogP contribution >= 0.6 is 11.3 Å². The van der Waals surface area contributed by atoms with E-state index in [1.54, 1.807) is 11.3 Å². The van der Waals surface area contributed by atoms with Gasteiger partial charge in [0.05, 0.1) is 18.1 Å². The summed E-state index contributed by atoms with van der Waals surface area (Å²) >= 11 is 1.55. The average molecular weight is 336 g/mol. The van der Waals surface area contributed by atoms with Crippen molar-refractivity contribution in [3.63, 3.8) is 0 Å². The smallest absolute Gasteiger partial charge is 0.257 e. The molecule has 0 saturated carbocycles. The Morgan fingerprint density at radius 1 is 1.35 bits per heavy atom. The highest BCUT2D eigenvalue weighted by molar-refractivity contribution is 7.13. The molecule has 0 spiro atoms. The van der Waals surface area contributed by atoms with E-state index in [9.17, 15) is 4.79 Å². The maximum atomic E-state index is 11.9. The van der Waals surface area contributed by atoms with Crippen molar-refractivity contribution in [2.75, 3.05) is 39.4 Å². The molecule has 1 aliphatic heterocycles. The Kier molecular flexibility index (Phi) is 5.73. The Bertz CT molecular complexity index is 608. The molecule has 3 heterocycles. The quantitative estimate of drug-likeness (QED) is 0.818. The Balaban J connectivity index is 1.35. The highest BCUT2D eigenvalue weighted by atomic mass is 32.1. The van der Waals surface area contributed by atoms with E-state index in [1.807, 2.05) is 17.5 Å². The maximum absolute atomic E-state index is 11.9. The van der Waals surface area contributed by atoms with Gasteiger partial charge in [-0.3, -0.25) is 9.69 Å². The maximum Gasteiger partial charge on any atom is 0.257 e. The molecule has 1 N–H and O–H groups in total. The molecule has 1 aliphatic rings. The summed E-state index contributed by atoms with van der Waals surface area (Å²) in [6.07, 6.45) is 0.816. The van der Waals surface area contributed by atoms with Crippen molar-refractivity contribution < 1.29 is 13.9 Å². The van der Waals surface area contributed by atoms with Crippen molar-refractivity contribution in [2.45, 2.75) is 12.8 Å². The summed E-state index contributed by atoms with van der Waals surface area (Å²) in [5.74, 6) is 1.02. The van der Waals surface area contributed by atoms with Crippen LogP contribution in [-0.4, -0.2) is 60.4 Å². The van der Waals surface area contributed by atoms with E-state index in [4.69, 9.17) is 9.15 Å². The molecule has 0 aliphatic carbocycles. The topological polar surface area (TPSA) is 80.5 Å². The Morgan fingerprint density at radius 2 is 2.22 bits per heavy atom. The van der Waals surface area contributed by atoms with Crippen LogP contribution in [0.25, 0.3) is 10.8 Å². The summed E-state index contributed by atoms with van der Waals surface area (Å²) in [4.78, 5) is 15.1. The zero-order valence-electron chi connectivity index (χ0n) is 12.9. The molecule has 7 nitrogen and oxygen atoms in total. The van der Waals surface area contributed by atoms with Crippen molar-refractivity contribution in [1.82, 2.24) is 20.4 Å². The third-order valence-electron chi connectivity index (χ3n) is 3.62. The summed E-state index contributed by atoms with van der Waals surface area (Å²) in [6.45, 7) is 4.93. The molecule has 124 valence electrons. The van der Waals surface area contributed by atoms with Crippen LogP contribution in [0, 0.1) is 0 Å². The molecule has 0 radical (unpaired) electrons. The lowest BCUT2D eigenvalue weighted by atomic mass is 10.3. The first-order valence-corrected chi connectivity index (χ1v) is 8.62. The highest BCUT2D eigenvalue weighted by Crippen LogP contribution is 2.23. The van der Waals surface area contributed by atoms with Gasteiger partial charge in [0.25, 0.3) is 5.89 Å². The first kappa shape index (κ1) is 16.1. The number of aryl methyl sites for hydroxylation is 1. The van der Waals surface area contributed by atoms with Gasteiger partial charge in [0, 0.05) is 39.0 Å². The van der Waals surface area contributed by atoms with Gasteiger partial charge in [-0.1, -0.05) is 6.07 Å². The molecule has 0 aromatic carbocycles. The summed E-state index contributed by atoms with van der Waals surface area (Å²) in [5.41, 5.74) is 0. The van der Waals surface area contributed by atoms with E-state index in [1.165, 1.54) is 0 Å². The monoisotopic (exact) mass is 336 g/mol. The van der Waals surface area contributed by atoms with Crippen molar-refractivity contribution >= 4 is 17.2 Å². The fourth-order valence-electron chi connectivity index (χ4n) is 2.34. The minimum absolute atomic E-state index is 0.00846. The molecule has 2 aromatic rings. The third-order valence-corrected chi connectivity index (χ3v) is 4.48. The number of carbonyl (C=O) groups is 1. The fourth-order valence-corrected chi connectivity index (χ4v) is 2.99. The molecular formula is C15H20N4O3S. The second-order valence-electron chi connectivity index (χ2n) is 5.28. The van der Waals surface area contributed by atoms with Crippen LogP contribution in [0.5, 0.6) is 0 Å². The number of aromatic nitrogens is 2. The second kappa shape index (κ2) is 8.19. The number of amides is 1. The number of hydrogen-bond donors (Lipinski definition) is 1. The average Bonchev–Trinajstić information content (AvgIpc) is 3.25. The molecule has 23 heavy (non-hydrogen) atoms. The van der Waals surface area contributed by atoms with E-state index < -0.39 is 0 Å². The van der Waals surface area contributed by atoms with Gasteiger partial charge in [-0.05, 0) is 11.4 Å². The van der Waals surface area contributed by atoms with Crippen LogP contribution in [0.1, 0.15) is 12.3 Å². The van der Waals surface area contributed by atoms with E-state index in [0.29, 0.717) is 31.2 Å². The Morgan fingerprint density at radius 3 is 3.00 bits per heavy atom. The number of ether oxygens (including phenoxy) is 1. The number of nitrogens with zero attached hydrogens (tertiary/aromatic N) is 3. The molecule has 3 rings (SSSR count). The largest absolute Gasteiger partial charge is 0.420 e. The third kappa shape index (κ3) is 4.85. The first-order chi connectivity index (χ1) is 11.3. The molecule has 1 amide bonds. The summed E-state index contributed by atoms with van der Waals surface area (Å²) in [6, 6.07) is 3.87. The fraction of sp³-hybridized carbons (Fsp3) is 0.533. The predicted octanol–water partition coefficient (Wildman–Crippen LogP) is 1.18. The SMILES string of the molecule is O=C(CCc1nnc(-c2cccs2)o1)NCCN1CCOCC1. The number of thiophene rings is 1. The molecule has 2 aromatic heterocycles. The highest BCUT2D eigenvalue weighted by Gasteiger charge is 2.12. The van der Waals surface area contributed by atoms with Crippen molar-refractivity contribution in [1.29, 1.82) is 0 Å². The van der Waals surface area contributed by atoms with Gasteiger partial charge in [-0.2, -0.15) is 0 Å². The minimum Gasteiger partial charge on any atom is -0.420 e. The Hall–Kier alpha value is -1.77. The lowest BCUT2D eigenvalue weighted by molar-refractivity contribution is -0.121. The zero-order valence-corrected chi connectivity index (χ0v) is 13.7. The molecule has 1 fully saturated rings. The number of nitrogens with one attached hydrogen (secondary N) is 1. The van der Waals surface area contributed by atoms with Crippen LogP contribution in [0.15, 0.2) is 21.9 Å². The lowest BCUT2D eigenvalue weighted by Crippen LogP contribution is -2.41. The predicted molar refractivity (Wildman–Crippen MR) is 86.2 cm³/mol. The molecule has 0 unspecified atom stereocenters. The summed E-state index contributed by atoms with van der Waals surface area (Å²) in [7, 11) is 0. The van der Waals surface area contributed by atoms with Gasteiger partial charge in [-0.15, -0.1) is 21.5 Å². The van der Waals surface area contributed by atoms with Crippen LogP contribution in [0.2, 0.25) is 0 Å². The van der Waals surface area contributed by atoms with Gasteiger partial charge in [-0.25, -0.2) is 0 Å². The van der Waals surface area contributed by atoms with Crippen LogP contribution in [0.4, 0.5) is 0 Å². The van der Waals surface area contributed by atoms with Crippen molar-refractivity contribution in [2.24, 2.45) is 0 Å². The molecule has 0 bridgehead atoms. The van der Waals surface area contributed by atoms with Crippen LogP contribution in [-0.2, 0) is 16.0 Å². The van der Waals surface area contributed by atoms with Crippen LogP contribution in [0.3, 0.4) is 0 Å². The van der Waals surface area contributed by atoms with E-state index in [2.05, 4.69) is 20.4 Å². The number of carbonyl (C=O) groups excluding carboxylic acids is 1. The van der Waals surface area contributed by atoms with Gasteiger partial charge >= 0.3 is 0 Å². The van der Waals surface area contributed by atoms with Crippen molar-refractivity contribution in [3.05, 3.63) is 23.4 Å². The van der Waals surface area contributed by atoms with Gasteiger partial charge in [0.2, 0.25) is 11.8 Å². The molecular weight excluding hydrogens is 316 g/mol. The van der Waals surface area contributed by atoms with Gasteiger partial charge in [0.15, 0.2) is 0 Å². The normalized spacial score (nSPS) is 15.7. The van der Waals surface area contributed by atoms with E-state index in [-0.39, 0.29) is 5.91 Å². The first-order valence-electron chi connectivity index (χ1n) is 7.74. The number of rotatable bonds is 7. The van der Waals surface area contributed by atoms with Gasteiger partial charge < -0.3 is 14.5 Å². The summed E-state index contributed by atoms with van der Waals surface area (Å²) < 4.78 is 10.9. The molecule has 0 atom stereocenters. The zero-order chi connectivity index (χ0) is 15.9. The number of hydrogen-bond acceptors (Lipinski definition) is 7.